The lowest BCUT2D eigenvalue weighted by Crippen LogP contribution is -2.04. The monoisotopic (exact) mass is 413 g/mol. The lowest BCUT2D eigenvalue weighted by Gasteiger charge is -2.07. The van der Waals surface area contributed by atoms with Gasteiger partial charge in [-0.1, -0.05) is 0 Å². The Morgan fingerprint density at radius 2 is 1.90 bits per heavy atom. The number of rotatable bonds is 6. The molecule has 5 rings (SSSR count). The van der Waals surface area contributed by atoms with E-state index in [9.17, 15) is 0 Å². The number of imidazole rings is 1. The fourth-order valence-corrected chi connectivity index (χ4v) is 3.21. The van der Waals surface area contributed by atoms with Gasteiger partial charge in [0, 0.05) is 37.1 Å². The van der Waals surface area contributed by atoms with E-state index < -0.39 is 0 Å². The lowest BCUT2D eigenvalue weighted by molar-refractivity contribution is 0.414. The highest BCUT2D eigenvalue weighted by molar-refractivity contribution is 5.63. The summed E-state index contributed by atoms with van der Waals surface area (Å²) < 4.78 is 7.22. The number of methoxy groups -OCH3 is 1. The van der Waals surface area contributed by atoms with E-state index in [-0.39, 0.29) is 0 Å². The smallest absolute Gasteiger partial charge is 0.140 e. The maximum absolute atomic E-state index is 5.26. The van der Waals surface area contributed by atoms with E-state index in [4.69, 9.17) is 4.74 Å². The number of nitrogens with one attached hydrogen (secondary N) is 1. The van der Waals surface area contributed by atoms with Crippen molar-refractivity contribution in [3.05, 3.63) is 67.1 Å². The molecule has 0 unspecified atom stereocenters. The van der Waals surface area contributed by atoms with Gasteiger partial charge in [-0.3, -0.25) is 9.38 Å². The topological polar surface area (TPSA) is 108 Å². The summed E-state index contributed by atoms with van der Waals surface area (Å²) in [5.74, 6) is 1.46. The molecule has 0 aliphatic carbocycles. The number of pyridine rings is 2. The third kappa shape index (κ3) is 3.78. The van der Waals surface area contributed by atoms with Gasteiger partial charge in [-0.2, -0.15) is 15.0 Å². The molecule has 0 atom stereocenters. The van der Waals surface area contributed by atoms with Crippen LogP contribution < -0.4 is 10.1 Å². The van der Waals surface area contributed by atoms with E-state index in [1.807, 2.05) is 40.9 Å². The van der Waals surface area contributed by atoms with E-state index in [0.29, 0.717) is 12.4 Å². The maximum Gasteiger partial charge on any atom is 0.140 e. The van der Waals surface area contributed by atoms with Crippen LogP contribution in [0, 0.1) is 0 Å². The second kappa shape index (κ2) is 7.82. The van der Waals surface area contributed by atoms with Gasteiger partial charge in [0.1, 0.15) is 29.2 Å². The van der Waals surface area contributed by atoms with Gasteiger partial charge in [0.15, 0.2) is 0 Å². The van der Waals surface area contributed by atoms with Crippen molar-refractivity contribution in [2.45, 2.75) is 6.54 Å². The third-order valence-corrected chi connectivity index (χ3v) is 4.82. The molecule has 0 aromatic carbocycles. The molecular formula is C21H19N9O. The molecule has 0 saturated heterocycles. The van der Waals surface area contributed by atoms with E-state index in [0.717, 1.165) is 39.7 Å². The number of aryl methyl sites for hydroxylation is 1. The average Bonchev–Trinajstić information content (AvgIpc) is 3.44. The van der Waals surface area contributed by atoms with Crippen LogP contribution in [0.5, 0.6) is 5.75 Å². The molecule has 0 radical (unpaired) electrons. The van der Waals surface area contributed by atoms with Crippen LogP contribution in [0.3, 0.4) is 0 Å². The minimum atomic E-state index is 0.529. The first-order chi connectivity index (χ1) is 15.2. The van der Waals surface area contributed by atoms with Crippen LogP contribution >= 0.6 is 0 Å². The van der Waals surface area contributed by atoms with Gasteiger partial charge >= 0.3 is 0 Å². The molecule has 0 fully saturated rings. The normalized spacial score (nSPS) is 11.0. The highest BCUT2D eigenvalue weighted by atomic mass is 16.5. The quantitative estimate of drug-likeness (QED) is 0.453. The van der Waals surface area contributed by atoms with E-state index in [1.165, 1.54) is 11.1 Å². The van der Waals surface area contributed by atoms with Crippen LogP contribution in [0.1, 0.15) is 5.69 Å². The highest BCUT2D eigenvalue weighted by Crippen LogP contribution is 2.23. The van der Waals surface area contributed by atoms with Gasteiger partial charge in [0.2, 0.25) is 0 Å². The van der Waals surface area contributed by atoms with Gasteiger partial charge in [0.25, 0.3) is 0 Å². The first kappa shape index (κ1) is 18.7. The molecule has 10 heteroatoms. The Bertz CT molecular complexity index is 1340. The second-order valence-corrected chi connectivity index (χ2v) is 6.84. The van der Waals surface area contributed by atoms with Crippen molar-refractivity contribution < 1.29 is 4.74 Å². The van der Waals surface area contributed by atoms with Gasteiger partial charge in [-0.05, 0) is 18.2 Å². The van der Waals surface area contributed by atoms with Gasteiger partial charge in [-0.15, -0.1) is 0 Å². The number of hydrogen-bond acceptors (Lipinski definition) is 8. The molecule has 10 nitrogen and oxygen atoms in total. The Morgan fingerprint density at radius 1 is 0.968 bits per heavy atom. The number of ether oxygens (including phenoxy) is 1. The zero-order valence-electron chi connectivity index (χ0n) is 17.0. The van der Waals surface area contributed by atoms with Gasteiger partial charge < -0.3 is 10.1 Å². The Balaban J connectivity index is 1.32. The first-order valence-corrected chi connectivity index (χ1v) is 9.58. The van der Waals surface area contributed by atoms with Gasteiger partial charge in [0.05, 0.1) is 43.1 Å². The number of anilines is 1. The zero-order valence-corrected chi connectivity index (χ0v) is 17.0. The highest BCUT2D eigenvalue weighted by Gasteiger charge is 2.10. The minimum Gasteiger partial charge on any atom is -0.497 e. The van der Waals surface area contributed by atoms with Crippen molar-refractivity contribution >= 4 is 11.5 Å². The largest absolute Gasteiger partial charge is 0.497 e. The molecule has 0 amide bonds. The number of fused-ring (bicyclic) bond motifs is 1. The number of nitrogens with zero attached hydrogens (tertiary/aromatic N) is 8. The van der Waals surface area contributed by atoms with Crippen LogP contribution in [0.4, 0.5) is 5.82 Å². The Kier molecular flexibility index (Phi) is 4.71. The Morgan fingerprint density at radius 3 is 2.68 bits per heavy atom. The fraction of sp³-hybridized carbons (Fsp3) is 0.143. The summed E-state index contributed by atoms with van der Waals surface area (Å²) in [7, 11) is 3.42. The first-order valence-electron chi connectivity index (χ1n) is 9.58. The van der Waals surface area contributed by atoms with Gasteiger partial charge in [-0.25, -0.2) is 15.0 Å². The minimum absolute atomic E-state index is 0.529. The summed E-state index contributed by atoms with van der Waals surface area (Å²) >= 11 is 0. The van der Waals surface area contributed by atoms with Crippen LogP contribution in [-0.2, 0) is 13.6 Å². The van der Waals surface area contributed by atoms with Crippen molar-refractivity contribution in [1.29, 1.82) is 0 Å². The van der Waals surface area contributed by atoms with E-state index in [2.05, 4.69) is 35.5 Å². The molecule has 31 heavy (non-hydrogen) atoms. The number of hydrogen-bond donors (Lipinski definition) is 1. The zero-order chi connectivity index (χ0) is 21.2. The number of aromatic nitrogens is 8. The van der Waals surface area contributed by atoms with E-state index in [1.54, 1.807) is 32.7 Å². The van der Waals surface area contributed by atoms with Crippen LogP contribution in [0.2, 0.25) is 0 Å². The molecule has 154 valence electrons. The summed E-state index contributed by atoms with van der Waals surface area (Å²) in [6.07, 6.45) is 8.74. The second-order valence-electron chi connectivity index (χ2n) is 6.84. The molecule has 0 aliphatic rings. The average molecular weight is 413 g/mol. The van der Waals surface area contributed by atoms with Crippen molar-refractivity contribution in [1.82, 2.24) is 39.3 Å². The molecule has 0 saturated carbocycles. The van der Waals surface area contributed by atoms with Crippen LogP contribution in [-0.4, -0.2) is 46.4 Å². The van der Waals surface area contributed by atoms with Crippen LogP contribution in [0.25, 0.3) is 28.3 Å². The van der Waals surface area contributed by atoms with Crippen LogP contribution in [0.15, 0.2) is 61.4 Å². The Hall–Kier alpha value is -4.34. The van der Waals surface area contributed by atoms with Crippen molar-refractivity contribution in [3.63, 3.8) is 0 Å². The maximum atomic E-state index is 5.26. The molecule has 0 bridgehead atoms. The van der Waals surface area contributed by atoms with Crippen molar-refractivity contribution in [3.8, 4) is 28.4 Å². The summed E-state index contributed by atoms with van der Waals surface area (Å²) in [4.78, 5) is 19.2. The summed E-state index contributed by atoms with van der Waals surface area (Å²) in [6.45, 7) is 0.529. The van der Waals surface area contributed by atoms with E-state index >= 15 is 0 Å². The molecule has 5 aromatic heterocycles. The predicted molar refractivity (Wildman–Crippen MR) is 114 cm³/mol. The predicted octanol–water partition coefficient (Wildman–Crippen LogP) is 2.60. The summed E-state index contributed by atoms with van der Waals surface area (Å²) in [6, 6.07) is 9.58. The third-order valence-electron chi connectivity index (χ3n) is 4.82. The molecule has 0 aliphatic heterocycles. The summed E-state index contributed by atoms with van der Waals surface area (Å²) in [5.41, 5.74) is 5.02. The Labute approximate surface area is 177 Å². The molecular weight excluding hydrogens is 394 g/mol. The van der Waals surface area contributed by atoms with Crippen molar-refractivity contribution in [2.75, 3.05) is 12.4 Å². The molecule has 5 heterocycles. The summed E-state index contributed by atoms with van der Waals surface area (Å²) in [5, 5.41) is 11.7. The lowest BCUT2D eigenvalue weighted by atomic mass is 10.2. The fourth-order valence-electron chi connectivity index (χ4n) is 3.21. The molecule has 5 aromatic rings. The SMILES string of the molecule is COc1ccn2c(-c3cc(NCc4ccc(-c5cnn(C)n5)cn4)ncn3)cnc2c1. The molecule has 1 N–H and O–H groups in total. The van der Waals surface area contributed by atoms with Crippen molar-refractivity contribution in [2.24, 2.45) is 7.05 Å². The standard InChI is InChI=1S/C21H19N9O/c1-29-27-11-18(28-29)14-3-4-15(22-9-14)10-23-20-8-17(25-13-26-20)19-12-24-21-7-16(31-2)5-6-30(19)21/h3-9,11-13H,10H2,1-2H3,(H,23,25,26). The molecule has 0 spiro atoms.